The largest absolute Gasteiger partial charge is 0.355 e. The van der Waals surface area contributed by atoms with Crippen molar-refractivity contribution in [3.8, 4) is 5.69 Å². The maximum absolute atomic E-state index is 12.9. The van der Waals surface area contributed by atoms with E-state index in [1.54, 1.807) is 0 Å². The van der Waals surface area contributed by atoms with Gasteiger partial charge in [-0.3, -0.25) is 4.79 Å². The van der Waals surface area contributed by atoms with Crippen LogP contribution in [0.15, 0.2) is 60.9 Å². The van der Waals surface area contributed by atoms with Crippen LogP contribution in [0.5, 0.6) is 0 Å². The van der Waals surface area contributed by atoms with E-state index in [4.69, 9.17) is 0 Å². The number of hydrogen-bond acceptors (Lipinski definition) is 5. The third-order valence-corrected chi connectivity index (χ3v) is 6.22. The van der Waals surface area contributed by atoms with Gasteiger partial charge in [0.05, 0.1) is 0 Å². The summed E-state index contributed by atoms with van der Waals surface area (Å²) in [5, 5.41) is 8.93. The summed E-state index contributed by atoms with van der Waals surface area (Å²) in [4.78, 5) is 19.4. The summed E-state index contributed by atoms with van der Waals surface area (Å²) >= 11 is 0. The number of piperidine rings is 1. The van der Waals surface area contributed by atoms with Crippen molar-refractivity contribution in [2.24, 2.45) is 0 Å². The molecule has 0 N–H and O–H groups in total. The number of rotatable bonds is 4. The molecule has 7 nitrogen and oxygen atoms in total. The molecule has 0 aliphatic carbocycles. The summed E-state index contributed by atoms with van der Waals surface area (Å²) in [5.41, 5.74) is 1.79. The zero-order valence-corrected chi connectivity index (χ0v) is 17.7. The normalized spacial score (nSPS) is 17.1. The van der Waals surface area contributed by atoms with Crippen molar-refractivity contribution in [1.29, 1.82) is 0 Å². The minimum absolute atomic E-state index is 0.0882. The molecule has 1 amide bonds. The highest BCUT2D eigenvalue weighted by molar-refractivity contribution is 5.94. The van der Waals surface area contributed by atoms with E-state index in [0.717, 1.165) is 49.1 Å². The number of aromatic nitrogens is 3. The predicted molar refractivity (Wildman–Crippen MR) is 122 cm³/mol. The number of nitrogens with zero attached hydrogens (tertiary/aromatic N) is 6. The minimum atomic E-state index is 0.0882. The van der Waals surface area contributed by atoms with E-state index in [1.807, 2.05) is 58.3 Å². The van der Waals surface area contributed by atoms with Gasteiger partial charge in [0, 0.05) is 62.9 Å². The zero-order valence-electron chi connectivity index (χ0n) is 17.7. The van der Waals surface area contributed by atoms with Crippen molar-refractivity contribution in [3.63, 3.8) is 0 Å². The molecule has 31 heavy (non-hydrogen) atoms. The number of piperazine rings is 1. The fourth-order valence-electron chi connectivity index (χ4n) is 4.38. The monoisotopic (exact) mass is 416 g/mol. The second kappa shape index (κ2) is 8.79. The molecule has 2 aromatic heterocycles. The van der Waals surface area contributed by atoms with Gasteiger partial charge in [0.2, 0.25) is 0 Å². The lowest BCUT2D eigenvalue weighted by Crippen LogP contribution is -2.49. The number of amides is 1. The molecule has 7 heteroatoms. The highest BCUT2D eigenvalue weighted by Gasteiger charge is 2.23. The molecular formula is C24H28N6O. The van der Waals surface area contributed by atoms with E-state index in [9.17, 15) is 4.79 Å². The number of carbonyl (C=O) groups excluding carboxylic acids is 1. The fourth-order valence-corrected chi connectivity index (χ4v) is 4.38. The van der Waals surface area contributed by atoms with Crippen molar-refractivity contribution in [1.82, 2.24) is 19.7 Å². The van der Waals surface area contributed by atoms with Crippen LogP contribution < -0.4 is 9.80 Å². The van der Waals surface area contributed by atoms with E-state index < -0.39 is 0 Å². The predicted octanol–water partition coefficient (Wildman–Crippen LogP) is 3.22. The fraction of sp³-hybridized carbons (Fsp3) is 0.375. The average Bonchev–Trinajstić information content (AvgIpc) is 3.40. The van der Waals surface area contributed by atoms with Crippen LogP contribution in [0.2, 0.25) is 0 Å². The highest BCUT2D eigenvalue weighted by Crippen LogP contribution is 2.20. The van der Waals surface area contributed by atoms with Crippen molar-refractivity contribution in [2.75, 3.05) is 49.1 Å². The molecule has 3 aromatic rings. The lowest BCUT2D eigenvalue weighted by Gasteiger charge is -2.35. The van der Waals surface area contributed by atoms with Crippen LogP contribution in [-0.2, 0) is 0 Å². The molecule has 0 radical (unpaired) electrons. The van der Waals surface area contributed by atoms with Gasteiger partial charge in [0.1, 0.15) is 0 Å². The molecule has 4 heterocycles. The van der Waals surface area contributed by atoms with Crippen molar-refractivity contribution in [3.05, 3.63) is 66.5 Å². The van der Waals surface area contributed by atoms with Crippen molar-refractivity contribution in [2.45, 2.75) is 19.3 Å². The summed E-state index contributed by atoms with van der Waals surface area (Å²) in [6.45, 7) is 5.06. The van der Waals surface area contributed by atoms with Gasteiger partial charge in [-0.2, -0.15) is 0 Å². The van der Waals surface area contributed by atoms with E-state index >= 15 is 0 Å². The SMILES string of the molecule is O=C(c1ccc(-n2cccc2)cc1)N1CCN(c2ccc(N3CCCCC3)nn2)CC1. The molecule has 0 bridgehead atoms. The molecule has 1 aromatic carbocycles. The lowest BCUT2D eigenvalue weighted by molar-refractivity contribution is 0.0746. The first kappa shape index (κ1) is 19.6. The molecule has 5 rings (SSSR count). The smallest absolute Gasteiger partial charge is 0.253 e. The summed E-state index contributed by atoms with van der Waals surface area (Å²) in [5.74, 6) is 1.95. The van der Waals surface area contributed by atoms with Crippen LogP contribution in [0.25, 0.3) is 5.69 Å². The Morgan fingerprint density at radius 3 is 1.84 bits per heavy atom. The van der Waals surface area contributed by atoms with Crippen LogP contribution in [0, 0.1) is 0 Å². The minimum Gasteiger partial charge on any atom is -0.355 e. The Bertz CT molecular complexity index is 986. The first-order valence-electron chi connectivity index (χ1n) is 11.1. The summed E-state index contributed by atoms with van der Waals surface area (Å²) < 4.78 is 2.03. The van der Waals surface area contributed by atoms with Crippen molar-refractivity contribution < 1.29 is 4.79 Å². The third kappa shape index (κ3) is 4.26. The lowest BCUT2D eigenvalue weighted by atomic mass is 10.1. The Labute approximate surface area is 182 Å². The first-order chi connectivity index (χ1) is 15.3. The van der Waals surface area contributed by atoms with Gasteiger partial charge < -0.3 is 19.3 Å². The van der Waals surface area contributed by atoms with Gasteiger partial charge in [0.25, 0.3) is 5.91 Å². The Hall–Kier alpha value is -3.35. The number of hydrogen-bond donors (Lipinski definition) is 0. The maximum Gasteiger partial charge on any atom is 0.253 e. The van der Waals surface area contributed by atoms with E-state index in [-0.39, 0.29) is 5.91 Å². The second-order valence-corrected chi connectivity index (χ2v) is 8.21. The molecule has 2 saturated heterocycles. The van der Waals surface area contributed by atoms with Gasteiger partial charge in [-0.1, -0.05) is 0 Å². The standard InChI is InChI=1S/C24H28N6O/c31-24(20-6-8-21(9-7-20)27-12-4-5-13-27)30-18-16-29(17-19-30)23-11-10-22(25-26-23)28-14-2-1-3-15-28/h4-13H,1-3,14-19H2. The van der Waals surface area contributed by atoms with Gasteiger partial charge in [-0.25, -0.2) is 0 Å². The average molecular weight is 417 g/mol. The quantitative estimate of drug-likeness (QED) is 0.654. The van der Waals surface area contributed by atoms with Gasteiger partial charge in [-0.05, 0) is 67.8 Å². The van der Waals surface area contributed by atoms with Crippen LogP contribution in [0.3, 0.4) is 0 Å². The molecule has 0 saturated carbocycles. The third-order valence-electron chi connectivity index (χ3n) is 6.22. The van der Waals surface area contributed by atoms with Crippen LogP contribution >= 0.6 is 0 Å². The van der Waals surface area contributed by atoms with Gasteiger partial charge in [-0.15, -0.1) is 10.2 Å². The van der Waals surface area contributed by atoms with Crippen LogP contribution in [0.4, 0.5) is 11.6 Å². The summed E-state index contributed by atoms with van der Waals surface area (Å²) in [6, 6.07) is 15.9. The molecule has 2 fully saturated rings. The molecule has 2 aliphatic heterocycles. The van der Waals surface area contributed by atoms with Gasteiger partial charge >= 0.3 is 0 Å². The molecule has 2 aliphatic rings. The van der Waals surface area contributed by atoms with E-state index in [0.29, 0.717) is 13.1 Å². The zero-order chi connectivity index (χ0) is 21.0. The topological polar surface area (TPSA) is 57.5 Å². The molecule has 0 unspecified atom stereocenters. The van der Waals surface area contributed by atoms with Gasteiger partial charge in [0.15, 0.2) is 11.6 Å². The number of carbonyl (C=O) groups is 1. The molecule has 160 valence electrons. The Balaban J connectivity index is 1.17. The van der Waals surface area contributed by atoms with Crippen molar-refractivity contribution >= 4 is 17.5 Å². The molecular weight excluding hydrogens is 388 g/mol. The first-order valence-corrected chi connectivity index (χ1v) is 11.1. The molecule has 0 atom stereocenters. The second-order valence-electron chi connectivity index (χ2n) is 8.21. The van der Waals surface area contributed by atoms with E-state index in [1.165, 1.54) is 19.3 Å². The molecule has 0 spiro atoms. The maximum atomic E-state index is 12.9. The van der Waals surface area contributed by atoms with Crippen LogP contribution in [0.1, 0.15) is 29.6 Å². The summed E-state index contributed by atoms with van der Waals surface area (Å²) in [6.07, 6.45) is 7.77. The van der Waals surface area contributed by atoms with Crippen LogP contribution in [-0.4, -0.2) is 64.8 Å². The Morgan fingerprint density at radius 1 is 0.677 bits per heavy atom. The Morgan fingerprint density at radius 2 is 1.26 bits per heavy atom. The number of benzene rings is 1. The highest BCUT2D eigenvalue weighted by atomic mass is 16.2. The number of anilines is 2. The summed E-state index contributed by atoms with van der Waals surface area (Å²) in [7, 11) is 0. The Kier molecular flexibility index (Phi) is 5.56. The van der Waals surface area contributed by atoms with E-state index in [2.05, 4.69) is 32.1 Å².